The van der Waals surface area contributed by atoms with Gasteiger partial charge in [0.15, 0.2) is 0 Å². The number of carbonyl (C=O) groups excluding carboxylic acids is 2. The van der Waals surface area contributed by atoms with Crippen LogP contribution in [0.1, 0.15) is 38.3 Å². The third-order valence-corrected chi connectivity index (χ3v) is 5.34. The van der Waals surface area contributed by atoms with Gasteiger partial charge in [-0.1, -0.05) is 80.4 Å². The van der Waals surface area contributed by atoms with Gasteiger partial charge in [-0.2, -0.15) is 0 Å². The van der Waals surface area contributed by atoms with Crippen LogP contribution in [0.2, 0.25) is 10.0 Å². The maximum absolute atomic E-state index is 13.2. The highest BCUT2D eigenvalue weighted by Gasteiger charge is 2.28. The van der Waals surface area contributed by atoms with Gasteiger partial charge >= 0.3 is 0 Å². The van der Waals surface area contributed by atoms with Crippen LogP contribution in [0.15, 0.2) is 48.5 Å². The molecular formula is C23H28Cl2N2O2. The molecule has 0 unspecified atom stereocenters. The molecule has 2 amide bonds. The molecule has 0 saturated carbocycles. The Balaban J connectivity index is 2.25. The van der Waals surface area contributed by atoms with Crippen molar-refractivity contribution in [2.24, 2.45) is 5.92 Å². The topological polar surface area (TPSA) is 49.4 Å². The highest BCUT2D eigenvalue weighted by molar-refractivity contribution is 6.42. The van der Waals surface area contributed by atoms with Gasteiger partial charge in [0.05, 0.1) is 16.5 Å². The fraction of sp³-hybridized carbons (Fsp3) is 0.391. The Morgan fingerprint density at radius 1 is 1.00 bits per heavy atom. The van der Waals surface area contributed by atoms with E-state index in [1.807, 2.05) is 51.1 Å². The highest BCUT2D eigenvalue weighted by Crippen LogP contribution is 2.23. The lowest BCUT2D eigenvalue weighted by molar-refractivity contribution is -0.141. The number of halogens is 2. The largest absolute Gasteiger partial charge is 0.354 e. The molecule has 6 heteroatoms. The molecule has 0 fully saturated rings. The predicted molar refractivity (Wildman–Crippen MR) is 119 cm³/mol. The average molecular weight is 435 g/mol. The van der Waals surface area contributed by atoms with Gasteiger partial charge in [0, 0.05) is 13.1 Å². The zero-order valence-corrected chi connectivity index (χ0v) is 18.6. The van der Waals surface area contributed by atoms with E-state index in [1.54, 1.807) is 23.1 Å². The number of nitrogens with one attached hydrogen (secondary N) is 1. The zero-order chi connectivity index (χ0) is 21.4. The van der Waals surface area contributed by atoms with Gasteiger partial charge in [-0.15, -0.1) is 0 Å². The summed E-state index contributed by atoms with van der Waals surface area (Å²) in [5.41, 5.74) is 1.74. The minimum Gasteiger partial charge on any atom is -0.354 e. The number of hydrogen-bond acceptors (Lipinski definition) is 2. The van der Waals surface area contributed by atoms with Crippen LogP contribution < -0.4 is 5.32 Å². The van der Waals surface area contributed by atoms with Crippen molar-refractivity contribution in [2.45, 2.75) is 46.2 Å². The van der Waals surface area contributed by atoms with Crippen LogP contribution in [0.4, 0.5) is 0 Å². The minimum atomic E-state index is -0.538. The Bertz CT molecular complexity index is 825. The summed E-state index contributed by atoms with van der Waals surface area (Å²) in [6.45, 7) is 6.95. The van der Waals surface area contributed by atoms with Crippen LogP contribution >= 0.6 is 23.2 Å². The molecule has 1 N–H and O–H groups in total. The lowest BCUT2D eigenvalue weighted by atomic mass is 10.1. The first kappa shape index (κ1) is 23.2. The van der Waals surface area contributed by atoms with Crippen molar-refractivity contribution in [3.05, 3.63) is 69.7 Å². The molecule has 2 aromatic rings. The van der Waals surface area contributed by atoms with Gasteiger partial charge in [-0.25, -0.2) is 0 Å². The van der Waals surface area contributed by atoms with E-state index in [2.05, 4.69) is 5.32 Å². The van der Waals surface area contributed by atoms with E-state index in [4.69, 9.17) is 23.2 Å². The molecule has 0 aliphatic carbocycles. The van der Waals surface area contributed by atoms with Gasteiger partial charge in [0.2, 0.25) is 11.8 Å². The minimum absolute atomic E-state index is 0.125. The summed E-state index contributed by atoms with van der Waals surface area (Å²) in [5.74, 6) is 0.0874. The van der Waals surface area contributed by atoms with Crippen molar-refractivity contribution >= 4 is 35.0 Å². The summed E-state index contributed by atoms with van der Waals surface area (Å²) in [6, 6.07) is 14.3. The van der Waals surface area contributed by atoms with Gasteiger partial charge in [0.25, 0.3) is 0 Å². The zero-order valence-electron chi connectivity index (χ0n) is 17.1. The van der Waals surface area contributed by atoms with E-state index < -0.39 is 6.04 Å². The quantitative estimate of drug-likeness (QED) is 0.595. The van der Waals surface area contributed by atoms with Crippen molar-refractivity contribution in [1.82, 2.24) is 10.2 Å². The second-order valence-electron chi connectivity index (χ2n) is 7.50. The van der Waals surface area contributed by atoms with E-state index >= 15 is 0 Å². The van der Waals surface area contributed by atoms with Crippen LogP contribution in [0.3, 0.4) is 0 Å². The van der Waals surface area contributed by atoms with Crippen molar-refractivity contribution in [2.75, 3.05) is 6.54 Å². The molecule has 0 aliphatic heterocycles. The predicted octanol–water partition coefficient (Wildman–Crippen LogP) is 5.12. The van der Waals surface area contributed by atoms with Gasteiger partial charge < -0.3 is 10.2 Å². The number of hydrogen-bond donors (Lipinski definition) is 1. The Labute approximate surface area is 183 Å². The number of rotatable bonds is 9. The Morgan fingerprint density at radius 3 is 2.28 bits per heavy atom. The van der Waals surface area contributed by atoms with Crippen LogP contribution in [-0.4, -0.2) is 29.3 Å². The van der Waals surface area contributed by atoms with Crippen LogP contribution in [0.25, 0.3) is 0 Å². The number of benzene rings is 2. The lowest BCUT2D eigenvalue weighted by Crippen LogP contribution is -2.50. The lowest BCUT2D eigenvalue weighted by Gasteiger charge is -2.31. The summed E-state index contributed by atoms with van der Waals surface area (Å²) in [5, 5.41) is 3.82. The molecule has 0 aliphatic rings. The van der Waals surface area contributed by atoms with E-state index in [-0.39, 0.29) is 18.2 Å². The van der Waals surface area contributed by atoms with E-state index in [0.717, 1.165) is 11.1 Å². The molecule has 0 radical (unpaired) electrons. The van der Waals surface area contributed by atoms with Gasteiger partial charge in [-0.05, 0) is 35.6 Å². The molecular weight excluding hydrogens is 407 g/mol. The molecule has 29 heavy (non-hydrogen) atoms. The van der Waals surface area contributed by atoms with Gasteiger partial charge in [0.1, 0.15) is 6.04 Å². The molecule has 0 bridgehead atoms. The fourth-order valence-electron chi connectivity index (χ4n) is 3.05. The summed E-state index contributed by atoms with van der Waals surface area (Å²) < 4.78 is 0. The first-order valence-corrected chi connectivity index (χ1v) is 10.6. The van der Waals surface area contributed by atoms with E-state index in [1.165, 1.54) is 0 Å². The fourth-order valence-corrected chi connectivity index (χ4v) is 3.37. The maximum atomic E-state index is 13.2. The van der Waals surface area contributed by atoms with Crippen LogP contribution in [0, 0.1) is 5.92 Å². The van der Waals surface area contributed by atoms with E-state index in [9.17, 15) is 9.59 Å². The molecule has 156 valence electrons. The molecule has 0 spiro atoms. The van der Waals surface area contributed by atoms with Crippen molar-refractivity contribution in [3.63, 3.8) is 0 Å². The molecule has 1 atom stereocenters. The molecule has 0 heterocycles. The number of carbonyl (C=O) groups is 2. The van der Waals surface area contributed by atoms with Crippen LogP contribution in [-0.2, 0) is 22.6 Å². The molecule has 4 nitrogen and oxygen atoms in total. The summed E-state index contributed by atoms with van der Waals surface area (Å²) in [7, 11) is 0. The monoisotopic (exact) mass is 434 g/mol. The third kappa shape index (κ3) is 7.06. The second-order valence-corrected chi connectivity index (χ2v) is 8.31. The van der Waals surface area contributed by atoms with Crippen molar-refractivity contribution in [1.29, 1.82) is 0 Å². The third-order valence-electron chi connectivity index (χ3n) is 4.61. The SMILES string of the molecule is CC[C@@H](C(=O)NCC(C)C)N(Cc1ccccc1)C(=O)Cc1ccc(Cl)c(Cl)c1. The first-order chi connectivity index (χ1) is 13.8. The Kier molecular flexibility index (Phi) is 8.99. The Morgan fingerprint density at radius 2 is 1.69 bits per heavy atom. The van der Waals surface area contributed by atoms with Crippen molar-refractivity contribution < 1.29 is 9.59 Å². The van der Waals surface area contributed by atoms with Crippen LogP contribution in [0.5, 0.6) is 0 Å². The number of nitrogens with zero attached hydrogens (tertiary/aromatic N) is 1. The summed E-state index contributed by atoms with van der Waals surface area (Å²) in [4.78, 5) is 27.7. The van der Waals surface area contributed by atoms with E-state index in [0.29, 0.717) is 35.5 Å². The normalized spacial score (nSPS) is 11.9. The average Bonchev–Trinajstić information content (AvgIpc) is 2.69. The molecule has 2 rings (SSSR count). The summed E-state index contributed by atoms with van der Waals surface area (Å²) in [6.07, 6.45) is 0.682. The van der Waals surface area contributed by atoms with Crippen molar-refractivity contribution in [3.8, 4) is 0 Å². The molecule has 0 aromatic heterocycles. The number of amides is 2. The standard InChI is InChI=1S/C23H28Cl2N2O2/c1-4-21(23(29)26-14-16(2)3)27(15-17-8-6-5-7-9-17)22(28)13-18-10-11-19(24)20(25)12-18/h5-12,16,21H,4,13-15H2,1-3H3,(H,26,29)/t21-/m0/s1. The van der Waals surface area contributed by atoms with Gasteiger partial charge in [-0.3, -0.25) is 9.59 Å². The Hall–Kier alpha value is -2.04. The molecule has 2 aromatic carbocycles. The highest BCUT2D eigenvalue weighted by atomic mass is 35.5. The first-order valence-electron chi connectivity index (χ1n) is 9.86. The maximum Gasteiger partial charge on any atom is 0.242 e. The second kappa shape index (κ2) is 11.2. The summed E-state index contributed by atoms with van der Waals surface area (Å²) >= 11 is 12.1. The molecule has 0 saturated heterocycles. The smallest absolute Gasteiger partial charge is 0.242 e.